The second-order valence-corrected chi connectivity index (χ2v) is 5.80. The number of nitrogens with zero attached hydrogens (tertiary/aromatic N) is 1. The Morgan fingerprint density at radius 3 is 2.86 bits per heavy atom. The van der Waals surface area contributed by atoms with E-state index >= 15 is 0 Å². The molecule has 1 aliphatic rings. The van der Waals surface area contributed by atoms with E-state index in [1.54, 1.807) is 11.3 Å². The number of thiazole rings is 1. The van der Waals surface area contributed by atoms with Crippen LogP contribution in [-0.2, 0) is 6.42 Å². The molecule has 0 saturated heterocycles. The highest BCUT2D eigenvalue weighted by atomic mass is 35.5. The SMILES string of the molecule is Cc1csc(CC2CCC(Cl)C2C)n1. The summed E-state index contributed by atoms with van der Waals surface area (Å²) in [7, 11) is 0. The average Bonchev–Trinajstić information content (AvgIpc) is 2.67. The molecule has 1 saturated carbocycles. The van der Waals surface area contributed by atoms with E-state index in [1.165, 1.54) is 17.8 Å². The van der Waals surface area contributed by atoms with Gasteiger partial charge in [-0.1, -0.05) is 6.92 Å². The van der Waals surface area contributed by atoms with E-state index in [0.29, 0.717) is 11.3 Å². The van der Waals surface area contributed by atoms with Gasteiger partial charge in [0.05, 0.1) is 5.01 Å². The summed E-state index contributed by atoms with van der Waals surface area (Å²) in [6.45, 7) is 4.33. The van der Waals surface area contributed by atoms with Gasteiger partial charge in [-0.15, -0.1) is 22.9 Å². The Balaban J connectivity index is 1.98. The van der Waals surface area contributed by atoms with Crippen LogP contribution in [0.4, 0.5) is 0 Å². The van der Waals surface area contributed by atoms with E-state index in [1.807, 2.05) is 0 Å². The Morgan fingerprint density at radius 1 is 1.57 bits per heavy atom. The Kier molecular flexibility index (Phi) is 3.13. The molecule has 78 valence electrons. The van der Waals surface area contributed by atoms with Crippen molar-refractivity contribution in [1.82, 2.24) is 4.98 Å². The normalized spacial score (nSPS) is 32.4. The maximum Gasteiger partial charge on any atom is 0.0930 e. The highest BCUT2D eigenvalue weighted by molar-refractivity contribution is 7.09. The van der Waals surface area contributed by atoms with Crippen LogP contribution in [0.25, 0.3) is 0 Å². The van der Waals surface area contributed by atoms with Gasteiger partial charge in [-0.3, -0.25) is 0 Å². The molecule has 1 aliphatic carbocycles. The van der Waals surface area contributed by atoms with Crippen LogP contribution in [-0.4, -0.2) is 10.4 Å². The molecule has 3 heteroatoms. The summed E-state index contributed by atoms with van der Waals surface area (Å²) in [5.41, 5.74) is 1.15. The third-order valence-electron chi connectivity index (χ3n) is 3.23. The van der Waals surface area contributed by atoms with Gasteiger partial charge in [0, 0.05) is 22.9 Å². The largest absolute Gasteiger partial charge is 0.247 e. The van der Waals surface area contributed by atoms with Crippen molar-refractivity contribution in [2.24, 2.45) is 11.8 Å². The van der Waals surface area contributed by atoms with Crippen molar-refractivity contribution in [3.63, 3.8) is 0 Å². The monoisotopic (exact) mass is 229 g/mol. The standard InChI is InChI=1S/C11H16ClNS/c1-7-6-14-11(13-7)5-9-3-4-10(12)8(9)2/h6,8-10H,3-5H2,1-2H3. The van der Waals surface area contributed by atoms with Gasteiger partial charge in [-0.05, 0) is 31.6 Å². The van der Waals surface area contributed by atoms with E-state index in [4.69, 9.17) is 11.6 Å². The van der Waals surface area contributed by atoms with Crippen LogP contribution in [0.3, 0.4) is 0 Å². The highest BCUT2D eigenvalue weighted by Crippen LogP contribution is 2.37. The van der Waals surface area contributed by atoms with Crippen molar-refractivity contribution in [2.45, 2.75) is 38.5 Å². The Labute approximate surface area is 94.5 Å². The smallest absolute Gasteiger partial charge is 0.0930 e. The summed E-state index contributed by atoms with van der Waals surface area (Å²) in [4.78, 5) is 4.51. The lowest BCUT2D eigenvalue weighted by Crippen LogP contribution is -2.13. The summed E-state index contributed by atoms with van der Waals surface area (Å²) >= 11 is 8.00. The third-order valence-corrected chi connectivity index (χ3v) is 4.84. The summed E-state index contributed by atoms with van der Waals surface area (Å²) in [5, 5.41) is 3.80. The fraction of sp³-hybridized carbons (Fsp3) is 0.727. The van der Waals surface area contributed by atoms with Crippen LogP contribution in [0, 0.1) is 18.8 Å². The number of hydrogen-bond donors (Lipinski definition) is 0. The molecule has 0 spiro atoms. The van der Waals surface area contributed by atoms with E-state index < -0.39 is 0 Å². The van der Waals surface area contributed by atoms with E-state index in [2.05, 4.69) is 24.2 Å². The molecular weight excluding hydrogens is 214 g/mol. The molecule has 1 aromatic rings. The van der Waals surface area contributed by atoms with Gasteiger partial charge in [0.2, 0.25) is 0 Å². The van der Waals surface area contributed by atoms with Crippen LogP contribution in [0.5, 0.6) is 0 Å². The molecule has 3 atom stereocenters. The van der Waals surface area contributed by atoms with Gasteiger partial charge in [0.1, 0.15) is 0 Å². The van der Waals surface area contributed by atoms with Gasteiger partial charge in [-0.2, -0.15) is 0 Å². The fourth-order valence-corrected chi connectivity index (χ4v) is 3.40. The zero-order valence-corrected chi connectivity index (χ0v) is 10.2. The average molecular weight is 230 g/mol. The molecule has 0 radical (unpaired) electrons. The van der Waals surface area contributed by atoms with Crippen molar-refractivity contribution >= 4 is 22.9 Å². The predicted octanol–water partition coefficient (Wildman–Crippen LogP) is 3.65. The predicted molar refractivity (Wildman–Crippen MR) is 62.1 cm³/mol. The van der Waals surface area contributed by atoms with Crippen LogP contribution in [0.1, 0.15) is 30.5 Å². The van der Waals surface area contributed by atoms with Crippen LogP contribution >= 0.6 is 22.9 Å². The molecule has 0 N–H and O–H groups in total. The quantitative estimate of drug-likeness (QED) is 0.706. The number of alkyl halides is 1. The first-order valence-corrected chi connectivity index (χ1v) is 6.53. The number of aryl methyl sites for hydroxylation is 1. The fourth-order valence-electron chi connectivity index (χ4n) is 2.20. The Morgan fingerprint density at radius 2 is 2.36 bits per heavy atom. The van der Waals surface area contributed by atoms with Gasteiger partial charge < -0.3 is 0 Å². The maximum absolute atomic E-state index is 6.21. The lowest BCUT2D eigenvalue weighted by molar-refractivity contribution is 0.419. The van der Waals surface area contributed by atoms with Gasteiger partial charge in [0.25, 0.3) is 0 Å². The number of rotatable bonds is 2. The third kappa shape index (κ3) is 2.12. The molecule has 3 unspecified atom stereocenters. The van der Waals surface area contributed by atoms with Crippen LogP contribution in [0.2, 0.25) is 0 Å². The summed E-state index contributed by atoms with van der Waals surface area (Å²) in [6.07, 6.45) is 3.58. The van der Waals surface area contributed by atoms with E-state index in [0.717, 1.165) is 18.0 Å². The topological polar surface area (TPSA) is 12.9 Å². The molecular formula is C11H16ClNS. The zero-order valence-electron chi connectivity index (χ0n) is 8.66. The van der Waals surface area contributed by atoms with Crippen LogP contribution in [0.15, 0.2) is 5.38 Å². The lowest BCUT2D eigenvalue weighted by Gasteiger charge is -2.15. The van der Waals surface area contributed by atoms with Gasteiger partial charge in [0.15, 0.2) is 0 Å². The Hall–Kier alpha value is -0.0800. The molecule has 1 nitrogen and oxygen atoms in total. The van der Waals surface area contributed by atoms with Crippen molar-refractivity contribution in [3.8, 4) is 0 Å². The molecule has 1 fully saturated rings. The van der Waals surface area contributed by atoms with Crippen LogP contribution < -0.4 is 0 Å². The molecule has 0 aromatic carbocycles. The molecule has 0 aliphatic heterocycles. The minimum atomic E-state index is 0.390. The minimum absolute atomic E-state index is 0.390. The van der Waals surface area contributed by atoms with Crippen molar-refractivity contribution in [2.75, 3.05) is 0 Å². The highest BCUT2D eigenvalue weighted by Gasteiger charge is 2.31. The van der Waals surface area contributed by atoms with E-state index in [9.17, 15) is 0 Å². The van der Waals surface area contributed by atoms with Crippen molar-refractivity contribution in [3.05, 3.63) is 16.1 Å². The second-order valence-electron chi connectivity index (χ2n) is 4.30. The molecule has 0 bridgehead atoms. The first-order chi connectivity index (χ1) is 6.66. The first kappa shape index (κ1) is 10.4. The van der Waals surface area contributed by atoms with Gasteiger partial charge >= 0.3 is 0 Å². The second kappa shape index (κ2) is 4.19. The molecule has 1 aromatic heterocycles. The maximum atomic E-state index is 6.21. The lowest BCUT2D eigenvalue weighted by atomic mass is 9.95. The number of hydrogen-bond acceptors (Lipinski definition) is 2. The number of aromatic nitrogens is 1. The minimum Gasteiger partial charge on any atom is -0.247 e. The number of halogens is 1. The van der Waals surface area contributed by atoms with Crippen molar-refractivity contribution in [1.29, 1.82) is 0 Å². The first-order valence-electron chi connectivity index (χ1n) is 5.22. The van der Waals surface area contributed by atoms with Crippen molar-refractivity contribution < 1.29 is 0 Å². The zero-order chi connectivity index (χ0) is 10.1. The molecule has 2 rings (SSSR count). The summed E-state index contributed by atoms with van der Waals surface area (Å²) in [6, 6.07) is 0. The molecule has 0 amide bonds. The summed E-state index contributed by atoms with van der Waals surface area (Å²) in [5.74, 6) is 1.41. The Bertz CT molecular complexity index is 310. The summed E-state index contributed by atoms with van der Waals surface area (Å²) < 4.78 is 0. The van der Waals surface area contributed by atoms with E-state index in [-0.39, 0.29) is 0 Å². The molecule has 1 heterocycles. The van der Waals surface area contributed by atoms with Gasteiger partial charge in [-0.25, -0.2) is 4.98 Å². The molecule has 14 heavy (non-hydrogen) atoms.